The number of aliphatic carboxylic acids is 1. The highest BCUT2D eigenvalue weighted by Crippen LogP contribution is 2.01. The fourth-order valence-electron chi connectivity index (χ4n) is 1.38. The lowest BCUT2D eigenvalue weighted by Crippen LogP contribution is -2.32. The van der Waals surface area contributed by atoms with E-state index in [0.29, 0.717) is 6.42 Å². The highest BCUT2D eigenvalue weighted by molar-refractivity contribution is 7.91. The molecule has 0 spiro atoms. The van der Waals surface area contributed by atoms with Crippen molar-refractivity contribution in [2.75, 3.05) is 11.5 Å². The van der Waals surface area contributed by atoms with Crippen LogP contribution in [0, 0.1) is 0 Å². The Morgan fingerprint density at radius 2 is 1.67 bits per heavy atom. The van der Waals surface area contributed by atoms with Crippen LogP contribution in [-0.4, -0.2) is 37.0 Å². The molecule has 0 aromatic heterocycles. The molecule has 0 saturated carbocycles. The molecule has 0 radical (unpaired) electrons. The topological polar surface area (TPSA) is 97.5 Å². The van der Waals surface area contributed by atoms with Crippen molar-refractivity contribution in [2.45, 2.75) is 12.5 Å². The molecule has 6 heteroatoms. The van der Waals surface area contributed by atoms with Crippen LogP contribution in [0.5, 0.6) is 0 Å². The first-order valence-corrected chi connectivity index (χ1v) is 8.09. The van der Waals surface area contributed by atoms with Crippen LogP contribution in [0.1, 0.15) is 5.56 Å². The summed E-state index contributed by atoms with van der Waals surface area (Å²) in [6, 6.07) is 8.54. The summed E-state index contributed by atoms with van der Waals surface area (Å²) in [4.78, 5) is 10.4. The van der Waals surface area contributed by atoms with Gasteiger partial charge in [-0.05, 0) is 12.0 Å². The molecule has 1 rings (SSSR count). The van der Waals surface area contributed by atoms with Crippen LogP contribution in [0.15, 0.2) is 55.6 Å². The van der Waals surface area contributed by atoms with Crippen molar-refractivity contribution >= 4 is 15.8 Å². The van der Waals surface area contributed by atoms with Crippen molar-refractivity contribution in [2.24, 2.45) is 5.73 Å². The van der Waals surface area contributed by atoms with E-state index in [1.54, 1.807) is 0 Å². The Morgan fingerprint density at radius 3 is 2.05 bits per heavy atom. The van der Waals surface area contributed by atoms with Gasteiger partial charge in [-0.3, -0.25) is 4.79 Å². The first-order chi connectivity index (χ1) is 9.82. The summed E-state index contributed by atoms with van der Waals surface area (Å²) in [5.74, 6) is -0.878. The second kappa shape index (κ2) is 9.90. The lowest BCUT2D eigenvalue weighted by molar-refractivity contribution is -0.138. The van der Waals surface area contributed by atoms with Gasteiger partial charge in [-0.25, -0.2) is 8.42 Å². The zero-order chi connectivity index (χ0) is 16.3. The molecule has 5 nitrogen and oxygen atoms in total. The molecule has 1 aromatic carbocycles. The Morgan fingerprint density at radius 1 is 1.19 bits per heavy atom. The van der Waals surface area contributed by atoms with Gasteiger partial charge in [0.15, 0.2) is 9.84 Å². The van der Waals surface area contributed by atoms with Gasteiger partial charge < -0.3 is 10.8 Å². The molecule has 21 heavy (non-hydrogen) atoms. The number of carbonyl (C=O) groups is 1. The van der Waals surface area contributed by atoms with Crippen molar-refractivity contribution in [3.05, 3.63) is 61.2 Å². The largest absolute Gasteiger partial charge is 0.480 e. The summed E-state index contributed by atoms with van der Waals surface area (Å²) in [7, 11) is -2.92. The molecule has 1 unspecified atom stereocenters. The number of carboxylic acids is 1. The van der Waals surface area contributed by atoms with Crippen LogP contribution >= 0.6 is 0 Å². The molecule has 1 aromatic rings. The molecule has 0 aliphatic carbocycles. The van der Waals surface area contributed by atoms with E-state index in [4.69, 9.17) is 10.8 Å². The van der Waals surface area contributed by atoms with Crippen LogP contribution < -0.4 is 5.73 Å². The van der Waals surface area contributed by atoms with Crippen molar-refractivity contribution in [3.63, 3.8) is 0 Å². The van der Waals surface area contributed by atoms with Gasteiger partial charge in [-0.1, -0.05) is 42.5 Å². The van der Waals surface area contributed by atoms with Gasteiger partial charge in [0.25, 0.3) is 0 Å². The number of carboxylic acid groups (broad SMARTS) is 1. The van der Waals surface area contributed by atoms with Crippen LogP contribution in [0.2, 0.25) is 0 Å². The maximum atomic E-state index is 10.7. The van der Waals surface area contributed by atoms with Gasteiger partial charge in [0.05, 0.1) is 11.5 Å². The second-order valence-corrected chi connectivity index (χ2v) is 6.44. The minimum Gasteiger partial charge on any atom is -0.480 e. The number of hydrogen-bond acceptors (Lipinski definition) is 4. The van der Waals surface area contributed by atoms with Crippen LogP contribution in [0.25, 0.3) is 0 Å². The normalized spacial score (nSPS) is 11.7. The van der Waals surface area contributed by atoms with Crippen LogP contribution in [-0.2, 0) is 21.1 Å². The van der Waals surface area contributed by atoms with Crippen molar-refractivity contribution < 1.29 is 18.3 Å². The molecule has 0 bridgehead atoms. The number of rotatable bonds is 7. The van der Waals surface area contributed by atoms with E-state index < -0.39 is 21.8 Å². The summed E-state index contributed by atoms with van der Waals surface area (Å²) >= 11 is 0. The number of hydrogen-bond donors (Lipinski definition) is 2. The van der Waals surface area contributed by atoms with E-state index in [-0.39, 0.29) is 11.5 Å². The van der Waals surface area contributed by atoms with E-state index in [9.17, 15) is 13.2 Å². The predicted molar refractivity (Wildman–Crippen MR) is 84.8 cm³/mol. The zero-order valence-electron chi connectivity index (χ0n) is 11.8. The average molecular weight is 311 g/mol. The van der Waals surface area contributed by atoms with Crippen LogP contribution in [0.4, 0.5) is 0 Å². The Labute approximate surface area is 125 Å². The van der Waals surface area contributed by atoms with E-state index in [0.717, 1.165) is 5.56 Å². The third-order valence-corrected chi connectivity index (χ3v) is 3.85. The highest BCUT2D eigenvalue weighted by Gasteiger charge is 2.10. The van der Waals surface area contributed by atoms with Gasteiger partial charge in [-0.2, -0.15) is 0 Å². The van der Waals surface area contributed by atoms with Crippen LogP contribution in [0.3, 0.4) is 0 Å². The second-order valence-electron chi connectivity index (χ2n) is 4.29. The summed E-state index contributed by atoms with van der Waals surface area (Å²) in [5, 5.41) is 8.52. The molecule has 0 saturated heterocycles. The SMILES string of the molecule is C=CCS(=O)(=O)CC=C.NC(Cc1ccccc1)C(=O)O. The van der Waals surface area contributed by atoms with E-state index >= 15 is 0 Å². The fraction of sp³-hybridized carbons (Fsp3) is 0.267. The average Bonchev–Trinajstić information content (AvgIpc) is 2.40. The molecule has 1 atom stereocenters. The molecule has 3 N–H and O–H groups in total. The van der Waals surface area contributed by atoms with Gasteiger partial charge in [-0.15, -0.1) is 13.2 Å². The van der Waals surface area contributed by atoms with Gasteiger partial charge >= 0.3 is 5.97 Å². The van der Waals surface area contributed by atoms with E-state index in [1.165, 1.54) is 12.2 Å². The highest BCUT2D eigenvalue weighted by atomic mass is 32.2. The Bertz CT molecular complexity index is 536. The summed E-state index contributed by atoms with van der Waals surface area (Å²) in [5.41, 5.74) is 6.30. The zero-order valence-corrected chi connectivity index (χ0v) is 12.6. The molecular weight excluding hydrogens is 290 g/mol. The van der Waals surface area contributed by atoms with Crippen molar-refractivity contribution in [3.8, 4) is 0 Å². The first-order valence-electron chi connectivity index (χ1n) is 6.27. The molecule has 116 valence electrons. The van der Waals surface area contributed by atoms with E-state index in [2.05, 4.69) is 13.2 Å². The maximum absolute atomic E-state index is 10.7. The number of nitrogens with two attached hydrogens (primary N) is 1. The summed E-state index contributed by atoms with van der Waals surface area (Å²) in [6.07, 6.45) is 3.13. The summed E-state index contributed by atoms with van der Waals surface area (Å²) < 4.78 is 21.4. The van der Waals surface area contributed by atoms with E-state index in [1.807, 2.05) is 30.3 Å². The molecule has 0 amide bonds. The minimum atomic E-state index is -2.92. The quantitative estimate of drug-likeness (QED) is 0.742. The number of benzene rings is 1. The lowest BCUT2D eigenvalue weighted by Gasteiger charge is -2.04. The standard InChI is InChI=1S/C9H11NO2.C6H10O2S/c10-8(9(11)12)6-7-4-2-1-3-5-7;1-3-5-9(7,8)6-4-2/h1-5,8H,6,10H2,(H,11,12);3-4H,1-2,5-6H2. The van der Waals surface area contributed by atoms with Gasteiger partial charge in [0.1, 0.15) is 6.04 Å². The maximum Gasteiger partial charge on any atom is 0.320 e. The third kappa shape index (κ3) is 9.59. The first kappa shape index (κ1) is 19.1. The fourth-order valence-corrected chi connectivity index (χ4v) is 2.24. The lowest BCUT2D eigenvalue weighted by atomic mass is 10.1. The van der Waals surface area contributed by atoms with Crippen molar-refractivity contribution in [1.29, 1.82) is 0 Å². The Kier molecular flexibility index (Phi) is 9.00. The Balaban J connectivity index is 0.000000400. The van der Waals surface area contributed by atoms with Gasteiger partial charge in [0.2, 0.25) is 0 Å². The molecule has 0 fully saturated rings. The molecule has 0 aliphatic heterocycles. The monoisotopic (exact) mass is 311 g/mol. The Hall–Kier alpha value is -1.92. The summed E-state index contributed by atoms with van der Waals surface area (Å²) in [6.45, 7) is 6.63. The molecular formula is C15H21NO4S. The van der Waals surface area contributed by atoms with Gasteiger partial charge in [0, 0.05) is 0 Å². The molecule has 0 aliphatic rings. The predicted octanol–water partition coefficient (Wildman–Crippen LogP) is 1.41. The number of sulfone groups is 1. The van der Waals surface area contributed by atoms with Crippen molar-refractivity contribution in [1.82, 2.24) is 0 Å². The minimum absolute atomic E-state index is 0.0407. The molecule has 0 heterocycles. The third-order valence-electron chi connectivity index (χ3n) is 2.36. The smallest absolute Gasteiger partial charge is 0.320 e.